The van der Waals surface area contributed by atoms with Gasteiger partial charge in [-0.05, 0) is 32.2 Å². The second-order valence-corrected chi connectivity index (χ2v) is 4.99. The molecule has 0 saturated carbocycles. The number of thiazole rings is 1. The van der Waals surface area contributed by atoms with Gasteiger partial charge in [0, 0.05) is 22.7 Å². The Bertz CT molecular complexity index is 542. The highest BCUT2D eigenvalue weighted by atomic mass is 32.1. The number of aromatic nitrogens is 1. The summed E-state index contributed by atoms with van der Waals surface area (Å²) in [5.74, 6) is -0.118. The van der Waals surface area contributed by atoms with Crippen LogP contribution in [0.15, 0.2) is 24.4 Å². The van der Waals surface area contributed by atoms with Gasteiger partial charge in [0.1, 0.15) is 5.01 Å². The van der Waals surface area contributed by atoms with E-state index in [4.69, 9.17) is 4.74 Å². The summed E-state index contributed by atoms with van der Waals surface area (Å²) in [4.78, 5) is 5.45. The van der Waals surface area contributed by atoms with E-state index < -0.39 is 0 Å². The molecule has 2 aromatic rings. The molecule has 5 heteroatoms. The van der Waals surface area contributed by atoms with Gasteiger partial charge in [-0.1, -0.05) is 0 Å². The van der Waals surface area contributed by atoms with Crippen LogP contribution in [-0.4, -0.2) is 19.1 Å². The van der Waals surface area contributed by atoms with Crippen LogP contribution >= 0.6 is 11.3 Å². The average Bonchev–Trinajstić information content (AvgIpc) is 2.87. The number of hydrogen-bond acceptors (Lipinski definition) is 4. The smallest absolute Gasteiger partial charge is 0.165 e. The van der Waals surface area contributed by atoms with Crippen molar-refractivity contribution in [2.75, 3.05) is 14.2 Å². The third-order valence-corrected chi connectivity index (χ3v) is 4.01. The summed E-state index contributed by atoms with van der Waals surface area (Å²) in [6.45, 7) is 2.06. The highest BCUT2D eigenvalue weighted by Gasteiger charge is 2.11. The molecule has 0 saturated heterocycles. The molecule has 1 atom stereocenters. The van der Waals surface area contributed by atoms with Crippen LogP contribution in [0.1, 0.15) is 17.8 Å². The van der Waals surface area contributed by atoms with Crippen LogP contribution in [0.25, 0.3) is 10.6 Å². The minimum atomic E-state index is -0.367. The molecule has 1 aromatic heterocycles. The minimum absolute atomic E-state index is 0.249. The Morgan fingerprint density at radius 1 is 1.44 bits per heavy atom. The molecule has 2 rings (SSSR count). The number of ether oxygens (including phenoxy) is 1. The van der Waals surface area contributed by atoms with Gasteiger partial charge in [0.15, 0.2) is 11.6 Å². The maximum atomic E-state index is 13.6. The Hall–Kier alpha value is -1.46. The molecule has 96 valence electrons. The summed E-state index contributed by atoms with van der Waals surface area (Å²) in [5.41, 5.74) is 0.771. The predicted octanol–water partition coefficient (Wildman–Crippen LogP) is 3.24. The third kappa shape index (κ3) is 2.52. The summed E-state index contributed by atoms with van der Waals surface area (Å²) in [7, 11) is 3.35. The molecule has 1 aromatic carbocycles. The quantitative estimate of drug-likeness (QED) is 0.922. The van der Waals surface area contributed by atoms with Crippen LogP contribution in [0.2, 0.25) is 0 Å². The molecule has 0 fully saturated rings. The van der Waals surface area contributed by atoms with Crippen LogP contribution in [0.4, 0.5) is 4.39 Å². The highest BCUT2D eigenvalue weighted by molar-refractivity contribution is 7.15. The molecule has 1 unspecified atom stereocenters. The number of nitrogens with zero attached hydrogens (tertiary/aromatic N) is 1. The number of halogens is 1. The number of benzene rings is 1. The Morgan fingerprint density at radius 3 is 2.83 bits per heavy atom. The van der Waals surface area contributed by atoms with Gasteiger partial charge in [0.2, 0.25) is 0 Å². The van der Waals surface area contributed by atoms with E-state index >= 15 is 0 Å². The Labute approximate surface area is 110 Å². The first kappa shape index (κ1) is 13.0. The number of methoxy groups -OCH3 is 1. The monoisotopic (exact) mass is 266 g/mol. The van der Waals surface area contributed by atoms with Crippen LogP contribution in [0.3, 0.4) is 0 Å². The van der Waals surface area contributed by atoms with E-state index in [2.05, 4.69) is 17.2 Å². The van der Waals surface area contributed by atoms with Gasteiger partial charge in [-0.3, -0.25) is 0 Å². The molecule has 0 aliphatic carbocycles. The lowest BCUT2D eigenvalue weighted by Crippen LogP contribution is -2.10. The van der Waals surface area contributed by atoms with E-state index in [9.17, 15) is 4.39 Å². The van der Waals surface area contributed by atoms with Crippen LogP contribution < -0.4 is 10.1 Å². The maximum absolute atomic E-state index is 13.6. The van der Waals surface area contributed by atoms with Crippen LogP contribution in [0.5, 0.6) is 5.75 Å². The fraction of sp³-hybridized carbons (Fsp3) is 0.308. The molecule has 0 bridgehead atoms. The van der Waals surface area contributed by atoms with E-state index in [-0.39, 0.29) is 17.6 Å². The first-order valence-corrected chi connectivity index (χ1v) is 6.44. The van der Waals surface area contributed by atoms with Gasteiger partial charge in [-0.15, -0.1) is 11.3 Å². The summed E-state index contributed by atoms with van der Waals surface area (Å²) < 4.78 is 18.5. The number of rotatable bonds is 4. The van der Waals surface area contributed by atoms with Crippen molar-refractivity contribution in [3.05, 3.63) is 35.1 Å². The van der Waals surface area contributed by atoms with Gasteiger partial charge >= 0.3 is 0 Å². The van der Waals surface area contributed by atoms with Gasteiger partial charge in [-0.2, -0.15) is 0 Å². The molecule has 1 heterocycles. The number of nitrogens with one attached hydrogen (secondary N) is 1. The molecule has 0 spiro atoms. The van der Waals surface area contributed by atoms with Crippen molar-refractivity contribution in [2.24, 2.45) is 0 Å². The van der Waals surface area contributed by atoms with Crippen molar-refractivity contribution in [1.29, 1.82) is 0 Å². The zero-order valence-corrected chi connectivity index (χ0v) is 11.3. The van der Waals surface area contributed by atoms with Crippen LogP contribution in [0, 0.1) is 5.82 Å². The Morgan fingerprint density at radius 2 is 2.22 bits per heavy atom. The molecule has 0 radical (unpaired) electrons. The third-order valence-electron chi connectivity index (χ3n) is 2.78. The van der Waals surface area contributed by atoms with Gasteiger partial charge in [0.05, 0.1) is 7.11 Å². The zero-order valence-electron chi connectivity index (χ0n) is 10.5. The molecular formula is C13H15FN2OS. The molecule has 18 heavy (non-hydrogen) atoms. The van der Waals surface area contributed by atoms with Crippen molar-refractivity contribution in [1.82, 2.24) is 10.3 Å². The average molecular weight is 266 g/mol. The molecule has 0 aliphatic rings. The second-order valence-electron chi connectivity index (χ2n) is 3.93. The molecule has 0 aliphatic heterocycles. The largest absolute Gasteiger partial charge is 0.494 e. The van der Waals surface area contributed by atoms with E-state index in [0.717, 1.165) is 15.4 Å². The second kappa shape index (κ2) is 5.46. The summed E-state index contributed by atoms with van der Waals surface area (Å²) >= 11 is 1.56. The SMILES string of the molecule is CNC(C)c1cnc(-c2ccc(OC)c(F)c2)s1. The van der Waals surface area contributed by atoms with E-state index in [1.807, 2.05) is 19.3 Å². The number of hydrogen-bond donors (Lipinski definition) is 1. The Balaban J connectivity index is 2.31. The fourth-order valence-corrected chi connectivity index (χ4v) is 2.54. The minimum Gasteiger partial charge on any atom is -0.494 e. The van der Waals surface area contributed by atoms with E-state index in [0.29, 0.717) is 0 Å². The van der Waals surface area contributed by atoms with Crippen molar-refractivity contribution in [3.8, 4) is 16.3 Å². The fourth-order valence-electron chi connectivity index (χ4n) is 1.56. The van der Waals surface area contributed by atoms with Gasteiger partial charge in [0.25, 0.3) is 0 Å². The van der Waals surface area contributed by atoms with E-state index in [1.165, 1.54) is 13.2 Å². The topological polar surface area (TPSA) is 34.2 Å². The van der Waals surface area contributed by atoms with Crippen LogP contribution in [-0.2, 0) is 0 Å². The van der Waals surface area contributed by atoms with Gasteiger partial charge in [-0.25, -0.2) is 9.37 Å². The standard InChI is InChI=1S/C13H15FN2OS/c1-8(15-2)12-7-16-13(18-12)9-4-5-11(17-3)10(14)6-9/h4-8,15H,1-3H3. The molecular weight excluding hydrogens is 251 g/mol. The summed E-state index contributed by atoms with van der Waals surface area (Å²) in [6, 6.07) is 5.13. The lowest BCUT2D eigenvalue weighted by Gasteiger charge is -2.05. The van der Waals surface area contributed by atoms with Crippen molar-refractivity contribution < 1.29 is 9.13 Å². The van der Waals surface area contributed by atoms with Gasteiger partial charge < -0.3 is 10.1 Å². The molecule has 1 N–H and O–H groups in total. The van der Waals surface area contributed by atoms with Crippen molar-refractivity contribution in [3.63, 3.8) is 0 Å². The van der Waals surface area contributed by atoms with Crippen molar-refractivity contribution >= 4 is 11.3 Å². The lowest BCUT2D eigenvalue weighted by molar-refractivity contribution is 0.386. The van der Waals surface area contributed by atoms with E-state index in [1.54, 1.807) is 17.4 Å². The predicted molar refractivity (Wildman–Crippen MR) is 71.5 cm³/mol. The Kier molecular flexibility index (Phi) is 3.93. The zero-order chi connectivity index (χ0) is 13.1. The first-order valence-electron chi connectivity index (χ1n) is 5.62. The highest BCUT2D eigenvalue weighted by Crippen LogP contribution is 2.30. The maximum Gasteiger partial charge on any atom is 0.165 e. The summed E-state index contributed by atoms with van der Waals surface area (Å²) in [5, 5.41) is 3.97. The molecule has 0 amide bonds. The molecule has 3 nitrogen and oxygen atoms in total. The lowest BCUT2D eigenvalue weighted by atomic mass is 10.2. The summed E-state index contributed by atoms with van der Waals surface area (Å²) in [6.07, 6.45) is 1.82. The normalized spacial score (nSPS) is 12.4. The first-order chi connectivity index (χ1) is 8.65. The van der Waals surface area contributed by atoms with Crippen molar-refractivity contribution in [2.45, 2.75) is 13.0 Å².